The fourth-order valence-corrected chi connectivity index (χ4v) is 4.34. The topological polar surface area (TPSA) is 24.4 Å². The summed E-state index contributed by atoms with van der Waals surface area (Å²) >= 11 is 14.3. The fourth-order valence-electron chi connectivity index (χ4n) is 2.54. The lowest BCUT2D eigenvalue weighted by Crippen LogP contribution is -2.30. The Morgan fingerprint density at radius 3 is 2.91 bits per heavy atom. The maximum Gasteiger partial charge on any atom is 0.128 e. The van der Waals surface area contributed by atoms with E-state index in [2.05, 4.69) is 34.6 Å². The molecule has 0 fully saturated rings. The van der Waals surface area contributed by atoms with E-state index >= 15 is 0 Å². The molecule has 116 valence electrons. The van der Waals surface area contributed by atoms with Gasteiger partial charge in [0, 0.05) is 39.7 Å². The average molecular weight is 353 g/mol. The average Bonchev–Trinajstić information content (AvgIpc) is 2.57. The summed E-state index contributed by atoms with van der Waals surface area (Å²) in [6, 6.07) is 8.45. The highest BCUT2D eigenvalue weighted by molar-refractivity contribution is 7.99. The molecule has 0 radical (unpaired) electrons. The first-order valence-corrected chi connectivity index (χ1v) is 9.24. The minimum Gasteiger partial charge on any atom is -0.370 e. The predicted molar refractivity (Wildman–Crippen MR) is 98.0 cm³/mol. The molecule has 0 amide bonds. The lowest BCUT2D eigenvalue weighted by atomic mass is 10.1. The first kappa shape index (κ1) is 16.0. The van der Waals surface area contributed by atoms with Crippen LogP contribution in [0.1, 0.15) is 24.0 Å². The Bertz CT molecular complexity index is 637. The van der Waals surface area contributed by atoms with Crippen molar-refractivity contribution in [2.45, 2.75) is 23.8 Å². The van der Waals surface area contributed by atoms with Gasteiger partial charge in [-0.2, -0.15) is 0 Å². The van der Waals surface area contributed by atoms with Crippen molar-refractivity contribution < 1.29 is 0 Å². The number of allylic oxidation sites excluding steroid dienone is 3. The van der Waals surface area contributed by atoms with Crippen molar-refractivity contribution in [2.24, 2.45) is 4.99 Å². The Hall–Kier alpha value is -0.900. The van der Waals surface area contributed by atoms with Gasteiger partial charge in [-0.15, -0.1) is 11.8 Å². The highest BCUT2D eigenvalue weighted by atomic mass is 35.5. The van der Waals surface area contributed by atoms with E-state index in [0.29, 0.717) is 0 Å². The molecule has 2 nitrogen and oxygen atoms in total. The van der Waals surface area contributed by atoms with E-state index in [0.717, 1.165) is 47.6 Å². The summed E-state index contributed by atoms with van der Waals surface area (Å²) in [5.41, 5.74) is 2.49. The van der Waals surface area contributed by atoms with Crippen LogP contribution in [0.3, 0.4) is 0 Å². The number of thioether (sulfide) groups is 1. The van der Waals surface area contributed by atoms with Crippen molar-refractivity contribution in [1.29, 1.82) is 0 Å². The van der Waals surface area contributed by atoms with Crippen LogP contribution in [0.25, 0.3) is 0 Å². The summed E-state index contributed by atoms with van der Waals surface area (Å²) < 4.78 is 0. The molecule has 1 aliphatic heterocycles. The molecule has 0 aromatic heterocycles. The van der Waals surface area contributed by atoms with Crippen molar-refractivity contribution >= 4 is 40.8 Å². The molecule has 1 aliphatic carbocycles. The highest BCUT2D eigenvalue weighted by Crippen LogP contribution is 2.35. The Morgan fingerprint density at radius 1 is 1.23 bits per heavy atom. The van der Waals surface area contributed by atoms with Crippen LogP contribution >= 0.6 is 35.0 Å². The lowest BCUT2D eigenvalue weighted by Gasteiger charge is -2.21. The number of halogens is 2. The molecule has 1 N–H and O–H groups in total. The Labute approximate surface area is 145 Å². The molecule has 1 aromatic carbocycles. The monoisotopic (exact) mass is 352 g/mol. The van der Waals surface area contributed by atoms with Crippen LogP contribution in [-0.2, 0) is 5.75 Å². The van der Waals surface area contributed by atoms with Crippen LogP contribution in [0.15, 0.2) is 51.5 Å². The molecule has 1 atom stereocenters. The van der Waals surface area contributed by atoms with E-state index in [1.807, 2.05) is 23.9 Å². The van der Waals surface area contributed by atoms with Gasteiger partial charge in [-0.05, 0) is 30.6 Å². The Kier molecular flexibility index (Phi) is 5.51. The summed E-state index contributed by atoms with van der Waals surface area (Å²) in [7, 11) is 0. The van der Waals surface area contributed by atoms with Crippen molar-refractivity contribution in [2.75, 3.05) is 13.1 Å². The summed E-state index contributed by atoms with van der Waals surface area (Å²) in [5.74, 6) is 1.92. The second-order valence-electron chi connectivity index (χ2n) is 5.34. The second kappa shape index (κ2) is 7.58. The molecule has 0 saturated carbocycles. The van der Waals surface area contributed by atoms with Gasteiger partial charge in [0.2, 0.25) is 0 Å². The molecule has 3 rings (SSSR count). The van der Waals surface area contributed by atoms with Crippen LogP contribution in [0, 0.1) is 0 Å². The minimum absolute atomic E-state index is 0.244. The van der Waals surface area contributed by atoms with Gasteiger partial charge in [-0.3, -0.25) is 4.99 Å². The van der Waals surface area contributed by atoms with Crippen molar-refractivity contribution in [3.05, 3.63) is 57.6 Å². The van der Waals surface area contributed by atoms with Gasteiger partial charge in [0.15, 0.2) is 0 Å². The smallest absolute Gasteiger partial charge is 0.128 e. The predicted octanol–water partition coefficient (Wildman–Crippen LogP) is 4.68. The van der Waals surface area contributed by atoms with Crippen LogP contribution in [-0.4, -0.2) is 24.2 Å². The van der Waals surface area contributed by atoms with Gasteiger partial charge in [-0.25, -0.2) is 0 Å². The highest BCUT2D eigenvalue weighted by Gasteiger charge is 2.19. The van der Waals surface area contributed by atoms with E-state index in [4.69, 9.17) is 23.2 Å². The van der Waals surface area contributed by atoms with Crippen LogP contribution in [0.2, 0.25) is 0 Å². The number of nitrogens with zero attached hydrogens (tertiary/aromatic N) is 1. The molecule has 1 unspecified atom stereocenters. The van der Waals surface area contributed by atoms with Crippen LogP contribution < -0.4 is 5.32 Å². The largest absolute Gasteiger partial charge is 0.370 e. The molecular weight excluding hydrogens is 335 g/mol. The maximum absolute atomic E-state index is 6.30. The zero-order valence-corrected chi connectivity index (χ0v) is 14.5. The number of nitrogens with one attached hydrogen (secondary N) is 1. The summed E-state index contributed by atoms with van der Waals surface area (Å²) in [6.45, 7) is 1.90. The maximum atomic E-state index is 6.30. The van der Waals surface area contributed by atoms with Crippen LogP contribution in [0.4, 0.5) is 0 Å². The standard InChI is InChI=1S/C17H18Cl2N2S/c18-13-6-7-15(19)16(10-13)22-11-12-4-1-2-5-14(12)17-20-8-3-9-21-17/h1-2,4-7,16H,3,8-11H2,(H,20,21). The third kappa shape index (κ3) is 3.89. The summed E-state index contributed by atoms with van der Waals surface area (Å²) in [4.78, 5) is 4.61. The van der Waals surface area contributed by atoms with E-state index < -0.39 is 0 Å². The van der Waals surface area contributed by atoms with Crippen molar-refractivity contribution in [3.63, 3.8) is 0 Å². The number of benzene rings is 1. The van der Waals surface area contributed by atoms with E-state index in [9.17, 15) is 0 Å². The second-order valence-corrected chi connectivity index (χ2v) is 7.45. The number of aliphatic imine (C=N–C) groups is 1. The van der Waals surface area contributed by atoms with Gasteiger partial charge < -0.3 is 5.32 Å². The van der Waals surface area contributed by atoms with Gasteiger partial charge >= 0.3 is 0 Å². The van der Waals surface area contributed by atoms with Crippen molar-refractivity contribution in [1.82, 2.24) is 5.32 Å². The first-order valence-electron chi connectivity index (χ1n) is 7.44. The van der Waals surface area contributed by atoms with Crippen molar-refractivity contribution in [3.8, 4) is 0 Å². The zero-order valence-electron chi connectivity index (χ0n) is 12.2. The molecule has 1 aromatic rings. The van der Waals surface area contributed by atoms with Gasteiger partial charge in [0.25, 0.3) is 0 Å². The quantitative estimate of drug-likeness (QED) is 0.850. The molecule has 1 heterocycles. The Balaban J connectivity index is 1.72. The summed E-state index contributed by atoms with van der Waals surface area (Å²) in [5, 5.41) is 5.39. The molecule has 0 bridgehead atoms. The van der Waals surface area contributed by atoms with Gasteiger partial charge in [0.1, 0.15) is 5.84 Å². The Morgan fingerprint density at radius 2 is 2.09 bits per heavy atom. The first-order chi connectivity index (χ1) is 10.7. The molecule has 2 aliphatic rings. The SMILES string of the molecule is ClC1=CC=C(Cl)C(SCc2ccccc2C2=NCCCN2)C1. The third-order valence-electron chi connectivity index (χ3n) is 3.72. The van der Waals surface area contributed by atoms with E-state index in [-0.39, 0.29) is 5.25 Å². The molecule has 22 heavy (non-hydrogen) atoms. The minimum atomic E-state index is 0.244. The zero-order chi connectivity index (χ0) is 15.4. The summed E-state index contributed by atoms with van der Waals surface area (Å²) in [6.07, 6.45) is 5.70. The number of amidine groups is 1. The van der Waals surface area contributed by atoms with Crippen LogP contribution in [0.5, 0.6) is 0 Å². The number of rotatable bonds is 4. The van der Waals surface area contributed by atoms with Gasteiger partial charge in [-0.1, -0.05) is 47.5 Å². The number of hydrogen-bond donors (Lipinski definition) is 1. The molecular formula is C17H18Cl2N2S. The normalized spacial score (nSPS) is 21.5. The van der Waals surface area contributed by atoms with E-state index in [1.54, 1.807) is 0 Å². The molecule has 5 heteroatoms. The third-order valence-corrected chi connectivity index (χ3v) is 5.82. The molecule has 0 spiro atoms. The fraction of sp³-hybridized carbons (Fsp3) is 0.353. The van der Waals surface area contributed by atoms with Gasteiger partial charge in [0.05, 0.1) is 0 Å². The van der Waals surface area contributed by atoms with E-state index in [1.165, 1.54) is 11.1 Å². The lowest BCUT2D eigenvalue weighted by molar-refractivity contribution is 0.742. The molecule has 0 saturated heterocycles. The number of hydrogen-bond acceptors (Lipinski definition) is 3.